The smallest absolute Gasteiger partial charge is 0.330 e. The van der Waals surface area contributed by atoms with Gasteiger partial charge in [-0.3, -0.25) is 4.79 Å². The highest BCUT2D eigenvalue weighted by Crippen LogP contribution is 2.47. The Balaban J connectivity index is 1.70. The number of ether oxygens (including phenoxy) is 3. The molecule has 3 N–H and O–H groups in total. The van der Waals surface area contributed by atoms with Gasteiger partial charge in [-0.05, 0) is 28.8 Å². The second kappa shape index (κ2) is 11.0. The molecule has 0 radical (unpaired) electrons. The van der Waals surface area contributed by atoms with Crippen LogP contribution in [0.25, 0.3) is 0 Å². The maximum Gasteiger partial charge on any atom is 0.330 e. The number of nitrogens with zero attached hydrogens (tertiary/aromatic N) is 1. The van der Waals surface area contributed by atoms with Gasteiger partial charge >= 0.3 is 5.69 Å². The summed E-state index contributed by atoms with van der Waals surface area (Å²) < 4.78 is 19.5. The number of aliphatic hydroxyl groups is 2. The zero-order chi connectivity index (χ0) is 27.5. The molecule has 0 aliphatic carbocycles. The molecule has 1 aromatic heterocycles. The van der Waals surface area contributed by atoms with Gasteiger partial charge in [-0.2, -0.15) is 0 Å². The summed E-state index contributed by atoms with van der Waals surface area (Å²) in [6.07, 6.45) is -0.737. The van der Waals surface area contributed by atoms with Crippen molar-refractivity contribution in [2.24, 2.45) is 0 Å². The van der Waals surface area contributed by atoms with Gasteiger partial charge in [0.1, 0.15) is 23.2 Å². The second-order valence-electron chi connectivity index (χ2n) is 9.43. The number of aromatic amines is 1. The van der Waals surface area contributed by atoms with Crippen LogP contribution in [0.2, 0.25) is 0 Å². The fraction of sp³-hybridized carbons (Fsp3) is 0.267. The lowest BCUT2D eigenvalue weighted by atomic mass is 9.79. The van der Waals surface area contributed by atoms with Crippen LogP contribution in [-0.4, -0.2) is 51.8 Å². The SMILES string of the molecule is COc1ccc(C(OC2CC(n3c(=O)cc[nH]c3=O)OC2(CO)CO)(c2ccccc2)c2ccccc2)cc1. The van der Waals surface area contributed by atoms with E-state index in [1.807, 2.05) is 84.9 Å². The fourth-order valence-corrected chi connectivity index (χ4v) is 5.23. The first-order valence-corrected chi connectivity index (χ1v) is 12.6. The number of aromatic nitrogens is 2. The molecule has 0 bridgehead atoms. The van der Waals surface area contributed by atoms with Gasteiger partial charge in [0.05, 0.1) is 26.4 Å². The van der Waals surface area contributed by atoms with Crippen molar-refractivity contribution in [2.75, 3.05) is 20.3 Å². The minimum Gasteiger partial charge on any atom is -0.497 e. The summed E-state index contributed by atoms with van der Waals surface area (Å²) in [7, 11) is 1.59. The molecule has 3 aromatic carbocycles. The minimum atomic E-state index is -1.60. The normalized spacial score (nSPS) is 18.6. The molecule has 1 fully saturated rings. The molecule has 2 unspecified atom stereocenters. The summed E-state index contributed by atoms with van der Waals surface area (Å²) in [5, 5.41) is 21.0. The molecule has 0 amide bonds. The predicted octanol–water partition coefficient (Wildman–Crippen LogP) is 2.56. The van der Waals surface area contributed by atoms with E-state index in [0.29, 0.717) is 5.75 Å². The Morgan fingerprint density at radius 2 is 1.46 bits per heavy atom. The van der Waals surface area contributed by atoms with Crippen molar-refractivity contribution in [1.82, 2.24) is 9.55 Å². The molecule has 202 valence electrons. The third-order valence-electron chi connectivity index (χ3n) is 7.26. The summed E-state index contributed by atoms with van der Waals surface area (Å²) >= 11 is 0. The van der Waals surface area contributed by atoms with Crippen LogP contribution in [-0.2, 0) is 15.1 Å². The quantitative estimate of drug-likeness (QED) is 0.284. The van der Waals surface area contributed by atoms with Crippen LogP contribution < -0.4 is 16.0 Å². The molecular formula is C30H30N2O7. The molecule has 1 aliphatic rings. The van der Waals surface area contributed by atoms with E-state index in [4.69, 9.17) is 14.2 Å². The highest BCUT2D eigenvalue weighted by molar-refractivity contribution is 5.48. The van der Waals surface area contributed by atoms with Gasteiger partial charge in [-0.25, -0.2) is 9.36 Å². The highest BCUT2D eigenvalue weighted by atomic mass is 16.6. The number of methoxy groups -OCH3 is 1. The van der Waals surface area contributed by atoms with Gasteiger partial charge in [0.15, 0.2) is 0 Å². The maximum absolute atomic E-state index is 12.6. The average molecular weight is 531 g/mol. The van der Waals surface area contributed by atoms with E-state index >= 15 is 0 Å². The van der Waals surface area contributed by atoms with E-state index < -0.39 is 48.0 Å². The largest absolute Gasteiger partial charge is 0.497 e. The topological polar surface area (TPSA) is 123 Å². The minimum absolute atomic E-state index is 0.0195. The summed E-state index contributed by atoms with van der Waals surface area (Å²) in [4.78, 5) is 27.7. The zero-order valence-electron chi connectivity index (χ0n) is 21.4. The highest BCUT2D eigenvalue weighted by Gasteiger charge is 2.54. The number of aliphatic hydroxyl groups excluding tert-OH is 2. The third-order valence-corrected chi connectivity index (χ3v) is 7.26. The number of benzene rings is 3. The molecule has 5 rings (SSSR count). The van der Waals surface area contributed by atoms with Crippen LogP contribution in [0.5, 0.6) is 5.75 Å². The van der Waals surface area contributed by atoms with Gasteiger partial charge in [0.2, 0.25) is 0 Å². The molecule has 0 saturated carbocycles. The first kappa shape index (κ1) is 26.6. The van der Waals surface area contributed by atoms with Crippen LogP contribution >= 0.6 is 0 Å². The summed E-state index contributed by atoms with van der Waals surface area (Å²) in [5.74, 6) is 0.667. The van der Waals surface area contributed by atoms with E-state index in [1.165, 1.54) is 12.3 Å². The predicted molar refractivity (Wildman–Crippen MR) is 144 cm³/mol. The molecule has 1 aliphatic heterocycles. The van der Waals surface area contributed by atoms with Gasteiger partial charge in [0, 0.05) is 18.7 Å². The van der Waals surface area contributed by atoms with Crippen LogP contribution in [0, 0.1) is 0 Å². The molecular weight excluding hydrogens is 500 g/mol. The molecule has 1 saturated heterocycles. The van der Waals surface area contributed by atoms with Crippen molar-refractivity contribution in [3.63, 3.8) is 0 Å². The fourth-order valence-electron chi connectivity index (χ4n) is 5.23. The first-order valence-electron chi connectivity index (χ1n) is 12.6. The van der Waals surface area contributed by atoms with Crippen molar-refractivity contribution in [3.8, 4) is 5.75 Å². The van der Waals surface area contributed by atoms with Gasteiger partial charge in [-0.1, -0.05) is 72.8 Å². The van der Waals surface area contributed by atoms with Gasteiger partial charge in [-0.15, -0.1) is 0 Å². The zero-order valence-corrected chi connectivity index (χ0v) is 21.4. The summed E-state index contributed by atoms with van der Waals surface area (Å²) in [6, 6.07) is 27.9. The van der Waals surface area contributed by atoms with E-state index in [-0.39, 0.29) is 6.42 Å². The Morgan fingerprint density at radius 3 is 1.97 bits per heavy atom. The lowest BCUT2D eigenvalue weighted by Crippen LogP contribution is -2.51. The van der Waals surface area contributed by atoms with Crippen molar-refractivity contribution in [3.05, 3.63) is 135 Å². The number of rotatable bonds is 9. The molecule has 4 aromatic rings. The van der Waals surface area contributed by atoms with Crippen LogP contribution in [0.3, 0.4) is 0 Å². The number of hydrogen-bond donors (Lipinski definition) is 3. The Labute approximate surface area is 224 Å². The van der Waals surface area contributed by atoms with Crippen LogP contribution in [0.15, 0.2) is 107 Å². The second-order valence-corrected chi connectivity index (χ2v) is 9.43. The number of H-pyrrole nitrogens is 1. The molecule has 2 atom stereocenters. The average Bonchev–Trinajstić information content (AvgIpc) is 3.34. The number of nitrogens with one attached hydrogen (secondary N) is 1. The monoisotopic (exact) mass is 530 g/mol. The molecule has 0 spiro atoms. The van der Waals surface area contributed by atoms with Crippen molar-refractivity contribution >= 4 is 0 Å². The van der Waals surface area contributed by atoms with E-state index in [2.05, 4.69) is 4.98 Å². The maximum atomic E-state index is 12.6. The lowest BCUT2D eigenvalue weighted by molar-refractivity contribution is -0.180. The van der Waals surface area contributed by atoms with Crippen molar-refractivity contribution in [1.29, 1.82) is 0 Å². The Hall–Kier alpha value is -4.02. The van der Waals surface area contributed by atoms with E-state index in [0.717, 1.165) is 21.3 Å². The Morgan fingerprint density at radius 1 is 0.897 bits per heavy atom. The third kappa shape index (κ3) is 4.70. The Kier molecular flexibility index (Phi) is 7.49. The van der Waals surface area contributed by atoms with Crippen LogP contribution in [0.1, 0.15) is 29.3 Å². The Bertz CT molecular complexity index is 1430. The van der Waals surface area contributed by atoms with Gasteiger partial charge < -0.3 is 29.4 Å². The molecule has 9 heteroatoms. The van der Waals surface area contributed by atoms with Crippen molar-refractivity contribution in [2.45, 2.75) is 30.0 Å². The number of hydrogen-bond acceptors (Lipinski definition) is 7. The molecule has 2 heterocycles. The summed E-state index contributed by atoms with van der Waals surface area (Å²) in [5.41, 5.74) is -1.70. The first-order chi connectivity index (χ1) is 19.0. The van der Waals surface area contributed by atoms with Gasteiger partial charge in [0.25, 0.3) is 5.56 Å². The van der Waals surface area contributed by atoms with E-state index in [1.54, 1.807) is 7.11 Å². The summed E-state index contributed by atoms with van der Waals surface area (Å²) in [6.45, 7) is -1.21. The standard InChI is InChI=1S/C30H30N2O7/c1-37-24-14-12-23(13-15-24)30(21-8-4-2-5-9-21,22-10-6-3-7-11-22)38-25-18-27(39-29(25,19-33)20-34)32-26(35)16-17-31-28(32)36/h2-17,25,27,33-34H,18-20H2,1H3,(H,31,36). The van der Waals surface area contributed by atoms with E-state index in [9.17, 15) is 19.8 Å². The molecule has 9 nitrogen and oxygen atoms in total. The molecule has 39 heavy (non-hydrogen) atoms. The van der Waals surface area contributed by atoms with Crippen molar-refractivity contribution < 1.29 is 24.4 Å². The van der Waals surface area contributed by atoms with Crippen LogP contribution in [0.4, 0.5) is 0 Å². The lowest BCUT2D eigenvalue weighted by Gasteiger charge is -2.41.